The van der Waals surface area contributed by atoms with E-state index in [1.807, 2.05) is 0 Å². The summed E-state index contributed by atoms with van der Waals surface area (Å²) in [5.74, 6) is 0.135. The van der Waals surface area contributed by atoms with Crippen molar-refractivity contribution in [3.8, 4) is 0 Å². The molecule has 0 aliphatic carbocycles. The summed E-state index contributed by atoms with van der Waals surface area (Å²) in [7, 11) is 1.66. The molecule has 2 rings (SSSR count). The van der Waals surface area contributed by atoms with Gasteiger partial charge >= 0.3 is 0 Å². The zero-order chi connectivity index (χ0) is 17.4. The van der Waals surface area contributed by atoms with Crippen LogP contribution < -0.4 is 10.6 Å². The molecule has 1 aliphatic rings. The van der Waals surface area contributed by atoms with Crippen LogP contribution in [0.15, 0.2) is 23.2 Å². The summed E-state index contributed by atoms with van der Waals surface area (Å²) in [6.45, 7) is 7.62. The van der Waals surface area contributed by atoms with E-state index in [0.29, 0.717) is 11.9 Å². The van der Waals surface area contributed by atoms with Gasteiger partial charge in [0.1, 0.15) is 11.6 Å². The van der Waals surface area contributed by atoms with E-state index in [1.165, 1.54) is 6.07 Å². The topological polar surface area (TPSA) is 48.9 Å². The number of hydrogen-bond acceptors (Lipinski definition) is 3. The number of halogens is 2. The number of guanidine groups is 1. The van der Waals surface area contributed by atoms with Gasteiger partial charge in [0.2, 0.25) is 0 Å². The highest BCUT2D eigenvalue weighted by atomic mass is 19.1. The predicted molar refractivity (Wildman–Crippen MR) is 91.0 cm³/mol. The first-order valence-corrected chi connectivity index (χ1v) is 8.27. The molecule has 0 radical (unpaired) electrons. The molecule has 2 N–H and O–H groups in total. The molecule has 1 aliphatic heterocycles. The van der Waals surface area contributed by atoms with Crippen LogP contribution in [-0.4, -0.2) is 57.3 Å². The van der Waals surface area contributed by atoms with E-state index in [2.05, 4.69) is 27.4 Å². The number of morpholine rings is 1. The van der Waals surface area contributed by atoms with Gasteiger partial charge in [0.15, 0.2) is 5.96 Å². The molecule has 1 aromatic carbocycles. The average Bonchev–Trinajstić information content (AvgIpc) is 2.58. The Morgan fingerprint density at radius 3 is 2.75 bits per heavy atom. The van der Waals surface area contributed by atoms with E-state index in [0.717, 1.165) is 51.5 Å². The van der Waals surface area contributed by atoms with E-state index in [4.69, 9.17) is 4.74 Å². The average molecular weight is 340 g/mol. The molecule has 134 valence electrons. The molecule has 0 saturated carbocycles. The van der Waals surface area contributed by atoms with Crippen LogP contribution in [0.4, 0.5) is 8.78 Å². The fraction of sp³-hybridized carbons (Fsp3) is 0.588. The molecule has 7 heteroatoms. The Morgan fingerprint density at radius 1 is 1.29 bits per heavy atom. The number of nitrogens with zero attached hydrogens (tertiary/aromatic N) is 2. The van der Waals surface area contributed by atoms with Crippen LogP contribution in [-0.2, 0) is 11.3 Å². The van der Waals surface area contributed by atoms with Crippen LogP contribution in [0.5, 0.6) is 0 Å². The number of ether oxygens (including phenoxy) is 1. The van der Waals surface area contributed by atoms with E-state index in [1.54, 1.807) is 7.05 Å². The normalized spacial score (nSPS) is 17.6. The van der Waals surface area contributed by atoms with Gasteiger partial charge < -0.3 is 15.4 Å². The third kappa shape index (κ3) is 6.05. The molecule has 0 amide bonds. The second-order valence-corrected chi connectivity index (χ2v) is 6.06. The number of rotatable bonds is 6. The summed E-state index contributed by atoms with van der Waals surface area (Å²) in [5.41, 5.74) is 0.277. The molecule has 5 nitrogen and oxygen atoms in total. The Bertz CT molecular complexity index is 547. The summed E-state index contributed by atoms with van der Waals surface area (Å²) in [5, 5.41) is 6.24. The number of nitrogens with one attached hydrogen (secondary N) is 2. The van der Waals surface area contributed by atoms with Crippen LogP contribution in [0.3, 0.4) is 0 Å². The fourth-order valence-electron chi connectivity index (χ4n) is 2.64. The number of aliphatic imine (C=N–C) groups is 1. The standard InChI is InChI=1S/C17H26F2N4O/c1-13(12-23-5-7-24-8-6-23)10-21-17(20-2)22-11-14-9-15(18)3-4-16(14)19/h3-4,9,13H,5-8,10-12H2,1-2H3,(H2,20,21,22). The minimum absolute atomic E-state index is 0.182. The van der Waals surface area contributed by atoms with E-state index in [-0.39, 0.29) is 12.1 Å². The predicted octanol–water partition coefficient (Wildman–Crippen LogP) is 1.60. The summed E-state index contributed by atoms with van der Waals surface area (Å²) in [6, 6.07) is 3.43. The molecule has 1 fully saturated rings. The van der Waals surface area contributed by atoms with Crippen molar-refractivity contribution in [3.63, 3.8) is 0 Å². The lowest BCUT2D eigenvalue weighted by Crippen LogP contribution is -2.43. The van der Waals surface area contributed by atoms with Crippen LogP contribution in [0, 0.1) is 17.6 Å². The Kier molecular flexibility index (Phi) is 7.39. The lowest BCUT2D eigenvalue weighted by atomic mass is 10.1. The van der Waals surface area contributed by atoms with Crippen molar-refractivity contribution in [2.45, 2.75) is 13.5 Å². The first-order valence-electron chi connectivity index (χ1n) is 8.27. The number of benzene rings is 1. The minimum atomic E-state index is -0.449. The summed E-state index contributed by atoms with van der Waals surface area (Å²) in [4.78, 5) is 6.50. The van der Waals surface area contributed by atoms with Crippen LogP contribution in [0.2, 0.25) is 0 Å². The van der Waals surface area contributed by atoms with Crippen LogP contribution >= 0.6 is 0 Å². The van der Waals surface area contributed by atoms with Crippen LogP contribution in [0.25, 0.3) is 0 Å². The molecule has 1 aromatic rings. The van der Waals surface area contributed by atoms with Gasteiger partial charge in [-0.3, -0.25) is 9.89 Å². The second kappa shape index (κ2) is 9.54. The lowest BCUT2D eigenvalue weighted by Gasteiger charge is -2.29. The van der Waals surface area contributed by atoms with Gasteiger partial charge in [-0.25, -0.2) is 8.78 Å². The van der Waals surface area contributed by atoms with Gasteiger partial charge in [-0.15, -0.1) is 0 Å². The third-order valence-electron chi connectivity index (χ3n) is 3.97. The Balaban J connectivity index is 1.74. The quantitative estimate of drug-likeness (QED) is 0.610. The van der Waals surface area contributed by atoms with Crippen molar-refractivity contribution in [1.29, 1.82) is 0 Å². The molecule has 1 saturated heterocycles. The highest BCUT2D eigenvalue weighted by Crippen LogP contribution is 2.09. The highest BCUT2D eigenvalue weighted by molar-refractivity contribution is 5.79. The summed E-state index contributed by atoms with van der Waals surface area (Å²) >= 11 is 0. The van der Waals surface area contributed by atoms with Crippen molar-refractivity contribution in [3.05, 3.63) is 35.4 Å². The fourth-order valence-corrected chi connectivity index (χ4v) is 2.64. The first kappa shape index (κ1) is 18.6. The maximum Gasteiger partial charge on any atom is 0.191 e. The molecule has 0 bridgehead atoms. The lowest BCUT2D eigenvalue weighted by molar-refractivity contribution is 0.0320. The van der Waals surface area contributed by atoms with Crippen molar-refractivity contribution >= 4 is 5.96 Å². The van der Waals surface area contributed by atoms with Crippen molar-refractivity contribution < 1.29 is 13.5 Å². The molecular weight excluding hydrogens is 314 g/mol. The van der Waals surface area contributed by atoms with Crippen LogP contribution in [0.1, 0.15) is 12.5 Å². The molecular formula is C17H26F2N4O. The molecule has 24 heavy (non-hydrogen) atoms. The van der Waals surface area contributed by atoms with E-state index in [9.17, 15) is 8.78 Å². The molecule has 0 spiro atoms. The summed E-state index contributed by atoms with van der Waals surface area (Å²) < 4.78 is 32.1. The van der Waals surface area contributed by atoms with Crippen molar-refractivity contribution in [2.75, 3.05) is 46.4 Å². The SMILES string of the molecule is CN=C(NCc1cc(F)ccc1F)NCC(C)CN1CCOCC1. The second-order valence-electron chi connectivity index (χ2n) is 6.06. The zero-order valence-electron chi connectivity index (χ0n) is 14.3. The minimum Gasteiger partial charge on any atom is -0.379 e. The molecule has 1 unspecified atom stereocenters. The first-order chi connectivity index (χ1) is 11.6. The largest absolute Gasteiger partial charge is 0.379 e. The van der Waals surface area contributed by atoms with Gasteiger partial charge in [-0.05, 0) is 24.1 Å². The Labute approximate surface area is 142 Å². The van der Waals surface area contributed by atoms with E-state index < -0.39 is 11.6 Å². The van der Waals surface area contributed by atoms with Gasteiger partial charge in [-0.1, -0.05) is 6.92 Å². The Morgan fingerprint density at radius 2 is 2.04 bits per heavy atom. The van der Waals surface area contributed by atoms with E-state index >= 15 is 0 Å². The number of hydrogen-bond donors (Lipinski definition) is 2. The highest BCUT2D eigenvalue weighted by Gasteiger charge is 2.14. The molecule has 1 heterocycles. The zero-order valence-corrected chi connectivity index (χ0v) is 14.3. The van der Waals surface area contributed by atoms with Gasteiger partial charge in [0.05, 0.1) is 13.2 Å². The summed E-state index contributed by atoms with van der Waals surface area (Å²) in [6.07, 6.45) is 0. The maximum absolute atomic E-state index is 13.6. The van der Waals surface area contributed by atoms with Gasteiger partial charge in [-0.2, -0.15) is 0 Å². The van der Waals surface area contributed by atoms with Crippen molar-refractivity contribution in [1.82, 2.24) is 15.5 Å². The smallest absolute Gasteiger partial charge is 0.191 e. The monoisotopic (exact) mass is 340 g/mol. The van der Waals surface area contributed by atoms with Gasteiger partial charge in [0.25, 0.3) is 0 Å². The Hall–Kier alpha value is -1.73. The molecule has 0 aromatic heterocycles. The van der Waals surface area contributed by atoms with Gasteiger partial charge in [0, 0.05) is 45.3 Å². The maximum atomic E-state index is 13.6. The molecule has 1 atom stereocenters. The third-order valence-corrected chi connectivity index (χ3v) is 3.97. The van der Waals surface area contributed by atoms with Crippen molar-refractivity contribution in [2.24, 2.45) is 10.9 Å².